The monoisotopic (exact) mass is 368 g/mol. The van der Waals surface area contributed by atoms with Crippen LogP contribution in [0.5, 0.6) is 0 Å². The Hall–Kier alpha value is -1.58. The maximum Gasteiger partial charge on any atom is 0.0952 e. The third kappa shape index (κ3) is 4.30. The van der Waals surface area contributed by atoms with Crippen molar-refractivity contribution in [2.45, 2.75) is 102 Å². The van der Waals surface area contributed by atoms with E-state index < -0.39 is 0 Å². The SMILES string of the molecule is CC(C)c1cn(C2CCCC(CC(C)c3cn(C4CCCC4)cn3)C2)cn1. The van der Waals surface area contributed by atoms with Crippen LogP contribution in [0.3, 0.4) is 0 Å². The fourth-order valence-electron chi connectivity index (χ4n) is 5.23. The second-order valence-electron chi connectivity index (χ2n) is 9.41. The van der Waals surface area contributed by atoms with E-state index in [4.69, 9.17) is 4.98 Å². The number of aromatic nitrogens is 4. The molecule has 4 heteroatoms. The van der Waals surface area contributed by atoms with Crippen LogP contribution < -0.4 is 0 Å². The molecule has 2 aliphatic carbocycles. The summed E-state index contributed by atoms with van der Waals surface area (Å²) in [4.78, 5) is 9.39. The first-order chi connectivity index (χ1) is 13.1. The van der Waals surface area contributed by atoms with Crippen LogP contribution in [-0.2, 0) is 0 Å². The molecule has 0 bridgehead atoms. The second-order valence-corrected chi connectivity index (χ2v) is 9.41. The predicted molar refractivity (Wildman–Crippen MR) is 110 cm³/mol. The maximum atomic E-state index is 4.77. The normalized spacial score (nSPS) is 25.3. The Kier molecular flexibility index (Phi) is 5.70. The summed E-state index contributed by atoms with van der Waals surface area (Å²) >= 11 is 0. The van der Waals surface area contributed by atoms with Crippen LogP contribution >= 0.6 is 0 Å². The molecule has 2 fully saturated rings. The lowest BCUT2D eigenvalue weighted by molar-refractivity contribution is 0.246. The fraction of sp³-hybridized carbons (Fsp3) is 0.739. The fourth-order valence-corrected chi connectivity index (χ4v) is 5.23. The Labute approximate surface area is 164 Å². The lowest BCUT2D eigenvalue weighted by Crippen LogP contribution is -2.19. The minimum Gasteiger partial charge on any atom is -0.334 e. The molecular weight excluding hydrogens is 332 g/mol. The van der Waals surface area contributed by atoms with E-state index in [0.29, 0.717) is 23.9 Å². The molecule has 4 rings (SSSR count). The van der Waals surface area contributed by atoms with Crippen molar-refractivity contribution >= 4 is 0 Å². The summed E-state index contributed by atoms with van der Waals surface area (Å²) < 4.78 is 4.78. The second kappa shape index (κ2) is 8.20. The van der Waals surface area contributed by atoms with E-state index in [1.807, 2.05) is 0 Å². The summed E-state index contributed by atoms with van der Waals surface area (Å²) in [6, 6.07) is 1.33. The molecule has 3 atom stereocenters. The smallest absolute Gasteiger partial charge is 0.0952 e. The van der Waals surface area contributed by atoms with Crippen LogP contribution in [0.2, 0.25) is 0 Å². The van der Waals surface area contributed by atoms with Gasteiger partial charge < -0.3 is 9.13 Å². The first-order valence-electron chi connectivity index (χ1n) is 11.2. The minimum absolute atomic E-state index is 0.514. The molecule has 0 aromatic carbocycles. The molecule has 0 radical (unpaired) electrons. The van der Waals surface area contributed by atoms with Gasteiger partial charge in [0.05, 0.1) is 24.0 Å². The van der Waals surface area contributed by atoms with Crippen molar-refractivity contribution in [3.05, 3.63) is 36.4 Å². The molecule has 0 aliphatic heterocycles. The van der Waals surface area contributed by atoms with E-state index in [-0.39, 0.29) is 0 Å². The van der Waals surface area contributed by atoms with E-state index in [9.17, 15) is 0 Å². The van der Waals surface area contributed by atoms with Gasteiger partial charge in [-0.1, -0.05) is 46.5 Å². The van der Waals surface area contributed by atoms with Gasteiger partial charge in [0.25, 0.3) is 0 Å². The molecule has 0 amide bonds. The van der Waals surface area contributed by atoms with Crippen molar-refractivity contribution in [2.24, 2.45) is 5.92 Å². The van der Waals surface area contributed by atoms with Gasteiger partial charge in [-0.25, -0.2) is 9.97 Å². The molecule has 2 heterocycles. The van der Waals surface area contributed by atoms with Crippen molar-refractivity contribution in [1.82, 2.24) is 19.1 Å². The molecule has 2 saturated carbocycles. The highest BCUT2D eigenvalue weighted by Gasteiger charge is 2.26. The zero-order chi connectivity index (χ0) is 18.8. The van der Waals surface area contributed by atoms with Crippen LogP contribution in [0, 0.1) is 5.92 Å². The minimum atomic E-state index is 0.514. The predicted octanol–water partition coefficient (Wildman–Crippen LogP) is 6.24. The van der Waals surface area contributed by atoms with Crippen molar-refractivity contribution in [3.8, 4) is 0 Å². The van der Waals surface area contributed by atoms with Gasteiger partial charge in [-0.3, -0.25) is 0 Å². The van der Waals surface area contributed by atoms with Crippen molar-refractivity contribution in [1.29, 1.82) is 0 Å². The number of hydrogen-bond donors (Lipinski definition) is 0. The molecule has 4 nitrogen and oxygen atoms in total. The van der Waals surface area contributed by atoms with Crippen molar-refractivity contribution in [2.75, 3.05) is 0 Å². The Morgan fingerprint density at radius 3 is 2.19 bits per heavy atom. The van der Waals surface area contributed by atoms with Crippen LogP contribution in [0.1, 0.15) is 114 Å². The van der Waals surface area contributed by atoms with Crippen LogP contribution in [0.25, 0.3) is 0 Å². The first-order valence-corrected chi connectivity index (χ1v) is 11.2. The van der Waals surface area contributed by atoms with Crippen LogP contribution in [0.4, 0.5) is 0 Å². The van der Waals surface area contributed by atoms with Crippen molar-refractivity contribution < 1.29 is 0 Å². The Morgan fingerprint density at radius 1 is 0.852 bits per heavy atom. The molecule has 3 unspecified atom stereocenters. The largest absolute Gasteiger partial charge is 0.334 e. The lowest BCUT2D eigenvalue weighted by atomic mass is 9.80. The standard InChI is InChI=1S/C23H36N4/c1-17(2)22-13-27(15-24-22)21-10-6-7-19(12-21)11-18(3)23-14-26(16-25-23)20-8-4-5-9-20/h13-21H,4-12H2,1-3H3. The Bertz CT molecular complexity index is 722. The summed E-state index contributed by atoms with van der Waals surface area (Å²) in [7, 11) is 0. The molecule has 0 N–H and O–H groups in total. The molecule has 148 valence electrons. The Balaban J connectivity index is 1.35. The zero-order valence-corrected chi connectivity index (χ0v) is 17.3. The maximum absolute atomic E-state index is 4.77. The number of imidazole rings is 2. The highest BCUT2D eigenvalue weighted by atomic mass is 15.1. The summed E-state index contributed by atoms with van der Waals surface area (Å²) in [5.41, 5.74) is 2.52. The van der Waals surface area contributed by atoms with E-state index in [2.05, 4.69) is 59.9 Å². The summed E-state index contributed by atoms with van der Waals surface area (Å²) in [6.07, 6.45) is 20.8. The highest BCUT2D eigenvalue weighted by Crippen LogP contribution is 2.38. The van der Waals surface area contributed by atoms with Crippen molar-refractivity contribution in [3.63, 3.8) is 0 Å². The average Bonchev–Trinajstić information content (AvgIpc) is 3.42. The number of hydrogen-bond acceptors (Lipinski definition) is 2. The van der Waals surface area contributed by atoms with Crippen LogP contribution in [0.15, 0.2) is 25.0 Å². The van der Waals surface area contributed by atoms with Gasteiger partial charge >= 0.3 is 0 Å². The van der Waals surface area contributed by atoms with Gasteiger partial charge in [0.2, 0.25) is 0 Å². The molecule has 27 heavy (non-hydrogen) atoms. The lowest BCUT2D eigenvalue weighted by Gasteiger charge is -2.31. The molecule has 2 aromatic heterocycles. The van der Waals surface area contributed by atoms with Gasteiger partial charge in [-0.2, -0.15) is 0 Å². The molecule has 2 aromatic rings. The third-order valence-corrected chi connectivity index (χ3v) is 6.95. The van der Waals surface area contributed by atoms with Crippen LogP contribution in [-0.4, -0.2) is 19.1 Å². The molecule has 2 aliphatic rings. The summed E-state index contributed by atoms with van der Waals surface area (Å²) in [5.74, 6) is 1.88. The van der Waals surface area contributed by atoms with Gasteiger partial charge in [-0.05, 0) is 43.9 Å². The van der Waals surface area contributed by atoms with E-state index in [0.717, 1.165) is 5.92 Å². The Morgan fingerprint density at radius 2 is 1.48 bits per heavy atom. The van der Waals surface area contributed by atoms with Gasteiger partial charge in [-0.15, -0.1) is 0 Å². The molecule has 0 spiro atoms. The highest BCUT2D eigenvalue weighted by molar-refractivity contribution is 5.06. The zero-order valence-electron chi connectivity index (χ0n) is 17.3. The quantitative estimate of drug-likeness (QED) is 0.604. The number of rotatable bonds is 6. The van der Waals surface area contributed by atoms with Gasteiger partial charge in [0.1, 0.15) is 0 Å². The number of nitrogens with zero attached hydrogens (tertiary/aromatic N) is 4. The molecular formula is C23H36N4. The average molecular weight is 369 g/mol. The van der Waals surface area contributed by atoms with Gasteiger partial charge in [0.15, 0.2) is 0 Å². The first kappa shape index (κ1) is 18.8. The van der Waals surface area contributed by atoms with Gasteiger partial charge in [0, 0.05) is 30.4 Å². The molecule has 0 saturated heterocycles. The third-order valence-electron chi connectivity index (χ3n) is 6.95. The van der Waals surface area contributed by atoms with E-state index in [1.54, 1.807) is 0 Å². The van der Waals surface area contributed by atoms with E-state index >= 15 is 0 Å². The topological polar surface area (TPSA) is 35.6 Å². The summed E-state index contributed by atoms with van der Waals surface area (Å²) in [5, 5.41) is 0. The van der Waals surface area contributed by atoms with E-state index in [1.165, 1.54) is 69.2 Å². The summed E-state index contributed by atoms with van der Waals surface area (Å²) in [6.45, 7) is 6.82.